The van der Waals surface area contributed by atoms with Gasteiger partial charge in [0.05, 0.1) is 11.1 Å². The standard InChI is InChI=1S/C18H26N4O2S2.ClH/c19-8-3-4-9-20-15(23)7-10-25-11-14-21-17(24)16-12-5-1-2-6-13(12)26-18(16)22-14;/h1-11,19H2,(H,20,23)(H,21,22,24);1H. The van der Waals surface area contributed by atoms with Crippen LogP contribution in [0, 0.1) is 0 Å². The average Bonchev–Trinajstić information content (AvgIpc) is 3.01. The summed E-state index contributed by atoms with van der Waals surface area (Å²) in [4.78, 5) is 34.0. The molecule has 4 N–H and O–H groups in total. The van der Waals surface area contributed by atoms with Crippen LogP contribution < -0.4 is 16.6 Å². The van der Waals surface area contributed by atoms with Gasteiger partial charge in [0.2, 0.25) is 5.91 Å². The molecule has 0 aromatic carbocycles. The first-order valence-corrected chi connectivity index (χ1v) is 11.2. The van der Waals surface area contributed by atoms with Crippen LogP contribution >= 0.6 is 35.5 Å². The highest BCUT2D eigenvalue weighted by Crippen LogP contribution is 2.33. The molecule has 150 valence electrons. The average molecular weight is 431 g/mol. The predicted molar refractivity (Wildman–Crippen MR) is 116 cm³/mol. The predicted octanol–water partition coefficient (Wildman–Crippen LogP) is 2.76. The molecule has 0 unspecified atom stereocenters. The third-order valence-electron chi connectivity index (χ3n) is 4.54. The van der Waals surface area contributed by atoms with Crippen molar-refractivity contribution in [3.05, 3.63) is 26.6 Å². The van der Waals surface area contributed by atoms with E-state index < -0.39 is 0 Å². The number of carbonyl (C=O) groups excluding carboxylic acids is 1. The van der Waals surface area contributed by atoms with E-state index in [9.17, 15) is 9.59 Å². The number of aromatic nitrogens is 2. The van der Waals surface area contributed by atoms with Gasteiger partial charge in [-0.05, 0) is 50.6 Å². The van der Waals surface area contributed by atoms with Gasteiger partial charge in [0.25, 0.3) is 5.56 Å². The lowest BCUT2D eigenvalue weighted by atomic mass is 9.97. The normalized spacial score (nSPS) is 13.2. The Morgan fingerprint density at radius 3 is 2.93 bits per heavy atom. The molecule has 0 aliphatic heterocycles. The fourth-order valence-electron chi connectivity index (χ4n) is 3.20. The van der Waals surface area contributed by atoms with E-state index in [2.05, 4.69) is 15.3 Å². The number of rotatable bonds is 9. The minimum atomic E-state index is -0.0114. The molecule has 1 aliphatic rings. The number of nitrogens with one attached hydrogen (secondary N) is 2. The number of unbranched alkanes of at least 4 members (excludes halogenated alkanes) is 1. The smallest absolute Gasteiger partial charge is 0.259 e. The molecule has 6 nitrogen and oxygen atoms in total. The van der Waals surface area contributed by atoms with Crippen LogP contribution in [0.2, 0.25) is 0 Å². The van der Waals surface area contributed by atoms with Crippen LogP contribution in [-0.4, -0.2) is 34.7 Å². The number of halogens is 1. The fraction of sp³-hybridized carbons (Fsp3) is 0.611. The van der Waals surface area contributed by atoms with Gasteiger partial charge in [0.1, 0.15) is 10.7 Å². The maximum absolute atomic E-state index is 12.5. The lowest BCUT2D eigenvalue weighted by Crippen LogP contribution is -2.25. The molecule has 9 heteroatoms. The Hall–Kier alpha value is -1.09. The molecule has 27 heavy (non-hydrogen) atoms. The van der Waals surface area contributed by atoms with Crippen molar-refractivity contribution in [2.45, 2.75) is 50.7 Å². The van der Waals surface area contributed by atoms with E-state index in [1.807, 2.05) is 0 Å². The zero-order chi connectivity index (χ0) is 18.4. The van der Waals surface area contributed by atoms with Crippen LogP contribution in [-0.2, 0) is 23.4 Å². The summed E-state index contributed by atoms with van der Waals surface area (Å²) in [5.74, 6) is 2.10. The molecule has 0 saturated heterocycles. The highest BCUT2D eigenvalue weighted by Gasteiger charge is 2.19. The number of aryl methyl sites for hydroxylation is 2. The van der Waals surface area contributed by atoms with Gasteiger partial charge in [0.15, 0.2) is 0 Å². The van der Waals surface area contributed by atoms with Gasteiger partial charge >= 0.3 is 0 Å². The van der Waals surface area contributed by atoms with Crippen LogP contribution in [0.1, 0.15) is 48.4 Å². The molecule has 2 heterocycles. The molecule has 0 spiro atoms. The Labute approximate surface area is 173 Å². The lowest BCUT2D eigenvalue weighted by Gasteiger charge is -2.09. The van der Waals surface area contributed by atoms with Crippen molar-refractivity contribution in [1.82, 2.24) is 15.3 Å². The number of thioether (sulfide) groups is 1. The first-order valence-electron chi connectivity index (χ1n) is 9.27. The van der Waals surface area contributed by atoms with Crippen molar-refractivity contribution in [2.24, 2.45) is 5.73 Å². The Kier molecular flexibility index (Phi) is 9.08. The summed E-state index contributed by atoms with van der Waals surface area (Å²) in [6.07, 6.45) is 6.76. The molecule has 0 radical (unpaired) electrons. The summed E-state index contributed by atoms with van der Waals surface area (Å²) in [6, 6.07) is 0. The van der Waals surface area contributed by atoms with Crippen molar-refractivity contribution >= 4 is 51.6 Å². The number of H-pyrrole nitrogens is 1. The Bertz CT molecular complexity index is 822. The quantitative estimate of drug-likeness (QED) is 0.531. The first kappa shape index (κ1) is 22.2. The summed E-state index contributed by atoms with van der Waals surface area (Å²) in [7, 11) is 0. The van der Waals surface area contributed by atoms with Gasteiger partial charge in [-0.15, -0.1) is 23.7 Å². The second-order valence-corrected chi connectivity index (χ2v) is 8.74. The topological polar surface area (TPSA) is 101 Å². The van der Waals surface area contributed by atoms with E-state index >= 15 is 0 Å². The lowest BCUT2D eigenvalue weighted by molar-refractivity contribution is -0.120. The second-order valence-electron chi connectivity index (χ2n) is 6.55. The van der Waals surface area contributed by atoms with Gasteiger partial charge in [-0.25, -0.2) is 4.98 Å². The molecule has 1 amide bonds. The summed E-state index contributed by atoms with van der Waals surface area (Å²) in [5.41, 5.74) is 6.63. The van der Waals surface area contributed by atoms with Gasteiger partial charge in [-0.2, -0.15) is 11.8 Å². The number of fused-ring (bicyclic) bond motifs is 3. The molecular weight excluding hydrogens is 404 g/mol. The molecule has 3 rings (SSSR count). The van der Waals surface area contributed by atoms with Crippen molar-refractivity contribution in [1.29, 1.82) is 0 Å². The minimum absolute atomic E-state index is 0. The van der Waals surface area contributed by atoms with E-state index in [0.29, 0.717) is 36.8 Å². The number of carbonyl (C=O) groups is 1. The Morgan fingerprint density at radius 1 is 1.30 bits per heavy atom. The van der Waals surface area contributed by atoms with Crippen LogP contribution in [0.3, 0.4) is 0 Å². The first-order chi connectivity index (χ1) is 12.7. The number of hydrogen-bond acceptors (Lipinski definition) is 6. The number of amides is 1. The number of aromatic amines is 1. The van der Waals surface area contributed by atoms with Crippen LogP contribution in [0.5, 0.6) is 0 Å². The molecular formula is C18H27ClN4O2S2. The van der Waals surface area contributed by atoms with E-state index in [1.54, 1.807) is 23.1 Å². The summed E-state index contributed by atoms with van der Waals surface area (Å²) >= 11 is 3.29. The Balaban J connectivity index is 0.00000261. The highest BCUT2D eigenvalue weighted by molar-refractivity contribution is 7.98. The minimum Gasteiger partial charge on any atom is -0.356 e. The van der Waals surface area contributed by atoms with Crippen molar-refractivity contribution in [2.75, 3.05) is 18.8 Å². The molecule has 0 fully saturated rings. The second kappa shape index (κ2) is 11.0. The van der Waals surface area contributed by atoms with E-state index in [-0.39, 0.29) is 23.9 Å². The summed E-state index contributed by atoms with van der Waals surface area (Å²) < 4.78 is 0. The third kappa shape index (κ3) is 5.94. The molecule has 2 aromatic rings. The number of nitrogens with two attached hydrogens (primary N) is 1. The van der Waals surface area contributed by atoms with Gasteiger partial charge < -0.3 is 16.0 Å². The third-order valence-corrected chi connectivity index (χ3v) is 6.70. The van der Waals surface area contributed by atoms with Crippen molar-refractivity contribution < 1.29 is 4.79 Å². The number of hydrogen-bond donors (Lipinski definition) is 3. The Morgan fingerprint density at radius 2 is 2.11 bits per heavy atom. The monoisotopic (exact) mass is 430 g/mol. The largest absolute Gasteiger partial charge is 0.356 e. The fourth-order valence-corrected chi connectivity index (χ4v) is 5.28. The van der Waals surface area contributed by atoms with E-state index in [1.165, 1.54) is 16.9 Å². The van der Waals surface area contributed by atoms with Crippen LogP contribution in [0.25, 0.3) is 10.2 Å². The van der Waals surface area contributed by atoms with Gasteiger partial charge in [-0.1, -0.05) is 0 Å². The molecule has 0 bridgehead atoms. The van der Waals surface area contributed by atoms with Gasteiger partial charge in [0, 0.05) is 23.6 Å². The summed E-state index contributed by atoms with van der Waals surface area (Å²) in [5, 5.41) is 3.70. The SMILES string of the molecule is Cl.NCCCCNC(=O)CCSCc1nc2sc3c(c2c(=O)[nH]1)CCCC3. The summed E-state index contributed by atoms with van der Waals surface area (Å²) in [6.45, 7) is 1.35. The molecule has 0 saturated carbocycles. The number of thiophene rings is 1. The van der Waals surface area contributed by atoms with Crippen LogP contribution in [0.4, 0.5) is 0 Å². The highest BCUT2D eigenvalue weighted by atomic mass is 35.5. The van der Waals surface area contributed by atoms with Crippen molar-refractivity contribution in [3.8, 4) is 0 Å². The maximum atomic E-state index is 12.5. The zero-order valence-electron chi connectivity index (χ0n) is 15.3. The van der Waals surface area contributed by atoms with Crippen molar-refractivity contribution in [3.63, 3.8) is 0 Å². The zero-order valence-corrected chi connectivity index (χ0v) is 17.8. The van der Waals surface area contributed by atoms with Gasteiger partial charge in [-0.3, -0.25) is 9.59 Å². The molecule has 2 aromatic heterocycles. The van der Waals surface area contributed by atoms with Crippen LogP contribution in [0.15, 0.2) is 4.79 Å². The molecule has 1 aliphatic carbocycles. The van der Waals surface area contributed by atoms with E-state index in [4.69, 9.17) is 5.73 Å². The maximum Gasteiger partial charge on any atom is 0.259 e. The number of nitrogens with zero attached hydrogens (tertiary/aromatic N) is 1. The molecule has 0 atom stereocenters. The van der Waals surface area contributed by atoms with E-state index in [0.717, 1.165) is 42.3 Å².